The fourth-order valence-electron chi connectivity index (χ4n) is 2.44. The lowest BCUT2D eigenvalue weighted by Gasteiger charge is -2.25. The topological polar surface area (TPSA) is 53.0 Å². The summed E-state index contributed by atoms with van der Waals surface area (Å²) >= 11 is 0. The Kier molecular flexibility index (Phi) is 4.51. The molecular weight excluding hydrogens is 322 g/mol. The maximum Gasteiger partial charge on any atom is 0.307 e. The highest BCUT2D eigenvalue weighted by Crippen LogP contribution is 2.19. The molecule has 2 aromatic carbocycles. The molecule has 0 aliphatic carbocycles. The monoisotopic (exact) mass is 341 g/mol. The van der Waals surface area contributed by atoms with Crippen molar-refractivity contribution in [3.8, 4) is 0 Å². The number of fused-ring (bicyclic) bond motifs is 1. The van der Waals surface area contributed by atoms with Gasteiger partial charge in [-0.2, -0.15) is 12.7 Å². The van der Waals surface area contributed by atoms with Gasteiger partial charge in [-0.25, -0.2) is 4.31 Å². The molecule has 0 N–H and O–H groups in total. The van der Waals surface area contributed by atoms with Gasteiger partial charge in [-0.05, 0) is 11.6 Å². The molecule has 6 heteroatoms. The summed E-state index contributed by atoms with van der Waals surface area (Å²) in [5.41, 5.74) is 1.63. The molecule has 0 saturated carbocycles. The maximum atomic E-state index is 12.8. The van der Waals surface area contributed by atoms with Gasteiger partial charge < -0.3 is 0 Å². The summed E-state index contributed by atoms with van der Waals surface area (Å²) in [5, 5.41) is 1.52. The first-order valence-electron chi connectivity index (χ1n) is 7.58. The Morgan fingerprint density at radius 1 is 1.00 bits per heavy atom. The van der Waals surface area contributed by atoms with E-state index >= 15 is 0 Å². The van der Waals surface area contributed by atoms with E-state index < -0.39 is 10.2 Å². The van der Waals surface area contributed by atoms with Crippen molar-refractivity contribution in [3.05, 3.63) is 82.6 Å². The van der Waals surface area contributed by atoms with E-state index in [2.05, 4.69) is 4.99 Å². The molecule has 0 bridgehead atoms. The fraction of sp³-hybridized carbons (Fsp3) is 0.167. The van der Waals surface area contributed by atoms with Crippen LogP contribution >= 0.6 is 0 Å². The van der Waals surface area contributed by atoms with Crippen LogP contribution in [0.1, 0.15) is 5.56 Å². The van der Waals surface area contributed by atoms with Crippen LogP contribution in [-0.2, 0) is 16.6 Å². The fourth-order valence-corrected chi connectivity index (χ4v) is 3.45. The lowest BCUT2D eigenvalue weighted by atomic mass is 10.1. The third-order valence-electron chi connectivity index (χ3n) is 3.77. The molecule has 0 fully saturated rings. The van der Waals surface area contributed by atoms with Gasteiger partial charge in [-0.3, -0.25) is 4.99 Å². The Morgan fingerprint density at radius 2 is 1.67 bits per heavy atom. The molecule has 1 heterocycles. The summed E-state index contributed by atoms with van der Waals surface area (Å²) in [7, 11) is -0.602. The van der Waals surface area contributed by atoms with Gasteiger partial charge in [-0.1, -0.05) is 48.5 Å². The Balaban J connectivity index is 2.14. The molecule has 0 aromatic heterocycles. The summed E-state index contributed by atoms with van der Waals surface area (Å²) in [6, 6.07) is 17.2. The third kappa shape index (κ3) is 3.25. The minimum Gasteiger partial charge on any atom is -0.254 e. The number of para-hydroxylation sites is 1. The van der Waals surface area contributed by atoms with Crippen LogP contribution in [0.15, 0.2) is 71.5 Å². The summed E-state index contributed by atoms with van der Waals surface area (Å²) in [6.07, 6.45) is 3.74. The van der Waals surface area contributed by atoms with Crippen LogP contribution < -0.4 is 10.6 Å². The summed E-state index contributed by atoms with van der Waals surface area (Å²) in [5.74, 6) is 0. The predicted molar refractivity (Wildman–Crippen MR) is 94.4 cm³/mol. The largest absolute Gasteiger partial charge is 0.307 e. The smallest absolute Gasteiger partial charge is 0.254 e. The van der Waals surface area contributed by atoms with Crippen molar-refractivity contribution in [2.24, 2.45) is 4.99 Å². The Labute approximate surface area is 142 Å². The predicted octanol–water partition coefficient (Wildman–Crippen LogP) is 1.25. The molecule has 0 amide bonds. The van der Waals surface area contributed by atoms with Crippen LogP contribution in [-0.4, -0.2) is 31.1 Å². The van der Waals surface area contributed by atoms with Gasteiger partial charge in [0.05, 0.1) is 11.1 Å². The van der Waals surface area contributed by atoms with Crippen molar-refractivity contribution in [2.75, 3.05) is 14.1 Å². The van der Waals surface area contributed by atoms with E-state index in [-0.39, 0.29) is 0 Å². The molecule has 0 saturated heterocycles. The van der Waals surface area contributed by atoms with Crippen molar-refractivity contribution in [1.29, 1.82) is 0 Å². The van der Waals surface area contributed by atoms with Crippen molar-refractivity contribution in [3.63, 3.8) is 0 Å². The maximum absolute atomic E-state index is 12.8. The molecular formula is C18H19N3O2S. The van der Waals surface area contributed by atoms with Gasteiger partial charge in [-0.15, -0.1) is 0 Å². The normalized spacial score (nSPS) is 14.3. The summed E-state index contributed by atoms with van der Waals surface area (Å²) < 4.78 is 28.1. The molecule has 24 heavy (non-hydrogen) atoms. The molecule has 124 valence electrons. The van der Waals surface area contributed by atoms with Crippen LogP contribution in [0.25, 0.3) is 6.20 Å². The number of allylic oxidation sites excluding steroid dienone is 1. The zero-order valence-electron chi connectivity index (χ0n) is 13.6. The number of benzene rings is 2. The molecule has 5 nitrogen and oxygen atoms in total. The van der Waals surface area contributed by atoms with E-state index in [1.165, 1.54) is 22.7 Å². The van der Waals surface area contributed by atoms with Crippen LogP contribution in [0, 0.1) is 0 Å². The van der Waals surface area contributed by atoms with Crippen molar-refractivity contribution in [1.82, 2.24) is 8.61 Å². The lowest BCUT2D eigenvalue weighted by Crippen LogP contribution is -2.38. The molecule has 3 rings (SSSR count). The Morgan fingerprint density at radius 3 is 2.38 bits per heavy atom. The molecule has 0 unspecified atom stereocenters. The first-order valence-corrected chi connectivity index (χ1v) is 8.98. The molecule has 2 aromatic rings. The highest BCUT2D eigenvalue weighted by atomic mass is 32.2. The highest BCUT2D eigenvalue weighted by Gasteiger charge is 2.26. The van der Waals surface area contributed by atoms with Gasteiger partial charge in [0.1, 0.15) is 0 Å². The Hall–Kier alpha value is -2.44. The SMILES string of the molecule is CN(C)S(=O)(=O)N1C=c2ccccc2=NC=C1Cc1ccccc1. The molecule has 1 aliphatic heterocycles. The third-order valence-corrected chi connectivity index (χ3v) is 5.53. The average Bonchev–Trinajstić information content (AvgIpc) is 2.76. The molecule has 0 atom stereocenters. The van der Waals surface area contributed by atoms with Crippen molar-refractivity contribution >= 4 is 16.4 Å². The van der Waals surface area contributed by atoms with E-state index in [1.807, 2.05) is 54.6 Å². The zero-order valence-corrected chi connectivity index (χ0v) is 14.4. The van der Waals surface area contributed by atoms with Crippen molar-refractivity contribution in [2.45, 2.75) is 6.42 Å². The second-order valence-corrected chi connectivity index (χ2v) is 7.71. The number of hydrogen-bond donors (Lipinski definition) is 0. The van der Waals surface area contributed by atoms with Crippen LogP contribution in [0.3, 0.4) is 0 Å². The van der Waals surface area contributed by atoms with Gasteiger partial charge in [0, 0.05) is 38.1 Å². The molecule has 0 spiro atoms. The van der Waals surface area contributed by atoms with E-state index in [0.29, 0.717) is 12.1 Å². The summed E-state index contributed by atoms with van der Waals surface area (Å²) in [6.45, 7) is 0. The van der Waals surface area contributed by atoms with E-state index in [9.17, 15) is 8.42 Å². The molecule has 1 aliphatic rings. The first-order chi connectivity index (χ1) is 11.5. The van der Waals surface area contributed by atoms with Crippen LogP contribution in [0.4, 0.5) is 0 Å². The Bertz CT molecular complexity index is 980. The molecule has 0 radical (unpaired) electrons. The quantitative estimate of drug-likeness (QED) is 0.840. The number of nitrogens with zero attached hydrogens (tertiary/aromatic N) is 3. The van der Waals surface area contributed by atoms with Gasteiger partial charge in [0.25, 0.3) is 0 Å². The second kappa shape index (κ2) is 6.59. The van der Waals surface area contributed by atoms with Crippen LogP contribution in [0.5, 0.6) is 0 Å². The van der Waals surface area contributed by atoms with Gasteiger partial charge in [0.2, 0.25) is 0 Å². The number of rotatable bonds is 4. The minimum absolute atomic E-state index is 0.474. The average molecular weight is 341 g/mol. The van der Waals surface area contributed by atoms with E-state index in [4.69, 9.17) is 0 Å². The second-order valence-electron chi connectivity index (χ2n) is 5.69. The van der Waals surface area contributed by atoms with Crippen molar-refractivity contribution < 1.29 is 8.42 Å². The van der Waals surface area contributed by atoms with Crippen LogP contribution in [0.2, 0.25) is 0 Å². The zero-order chi connectivity index (χ0) is 17.2. The number of hydrogen-bond acceptors (Lipinski definition) is 3. The highest BCUT2D eigenvalue weighted by molar-refractivity contribution is 7.87. The first kappa shape index (κ1) is 16.4. The van der Waals surface area contributed by atoms with Gasteiger partial charge in [0.15, 0.2) is 0 Å². The lowest BCUT2D eigenvalue weighted by molar-refractivity contribution is 0.474. The van der Waals surface area contributed by atoms with E-state index in [1.54, 1.807) is 12.4 Å². The standard InChI is InChI=1S/C18H19N3O2S/c1-20(2)24(22,23)21-14-16-10-6-7-11-18(16)19-13-17(21)12-15-8-4-3-5-9-15/h3-11,13-14H,12H2,1-2H3. The van der Waals surface area contributed by atoms with Gasteiger partial charge >= 0.3 is 10.2 Å². The van der Waals surface area contributed by atoms with E-state index in [0.717, 1.165) is 16.1 Å². The summed E-state index contributed by atoms with van der Waals surface area (Å²) in [4.78, 5) is 4.47. The minimum atomic E-state index is -3.65.